The maximum absolute atomic E-state index is 13.0. The van der Waals surface area contributed by atoms with Gasteiger partial charge in [-0.25, -0.2) is 13.2 Å². The Balaban J connectivity index is 1.86. The number of H-pyrrole nitrogens is 1. The Morgan fingerprint density at radius 3 is 2.41 bits per heavy atom. The molecular weight excluding hydrogens is 430 g/mol. The number of hydrogen-bond acceptors (Lipinski definition) is 5. The largest absolute Gasteiger partial charge is 0.462 e. The van der Waals surface area contributed by atoms with Crippen LogP contribution in [0.4, 0.5) is 11.4 Å². The lowest BCUT2D eigenvalue weighted by molar-refractivity contribution is 0.0525. The summed E-state index contributed by atoms with van der Waals surface area (Å²) in [6.07, 6.45) is 0. The van der Waals surface area contributed by atoms with Gasteiger partial charge in [-0.2, -0.15) is 0 Å². The summed E-state index contributed by atoms with van der Waals surface area (Å²) in [6.45, 7) is 5.27. The molecule has 0 aliphatic rings. The zero-order valence-corrected chi connectivity index (χ0v) is 19.1. The predicted molar refractivity (Wildman–Crippen MR) is 123 cm³/mol. The topological polar surface area (TPSA) is 109 Å². The molecule has 0 fully saturated rings. The van der Waals surface area contributed by atoms with Crippen LogP contribution in [0.1, 0.15) is 39.0 Å². The van der Waals surface area contributed by atoms with Gasteiger partial charge >= 0.3 is 5.97 Å². The first-order valence-corrected chi connectivity index (χ1v) is 11.4. The van der Waals surface area contributed by atoms with E-state index >= 15 is 0 Å². The number of aromatic nitrogens is 1. The molecule has 0 saturated carbocycles. The Labute approximate surface area is 187 Å². The zero-order chi connectivity index (χ0) is 23.5. The van der Waals surface area contributed by atoms with E-state index in [0.29, 0.717) is 28.2 Å². The average Bonchev–Trinajstić information content (AvgIpc) is 3.08. The van der Waals surface area contributed by atoms with Gasteiger partial charge in [-0.1, -0.05) is 24.3 Å². The summed E-state index contributed by atoms with van der Waals surface area (Å²) in [7, 11) is -2.36. The van der Waals surface area contributed by atoms with E-state index in [2.05, 4.69) is 10.3 Å². The van der Waals surface area contributed by atoms with Crippen LogP contribution in [0.5, 0.6) is 0 Å². The van der Waals surface area contributed by atoms with Gasteiger partial charge in [0.25, 0.3) is 15.9 Å². The first-order valence-electron chi connectivity index (χ1n) is 9.98. The maximum Gasteiger partial charge on any atom is 0.340 e. The van der Waals surface area contributed by atoms with Gasteiger partial charge in [0.2, 0.25) is 0 Å². The molecule has 0 spiro atoms. The van der Waals surface area contributed by atoms with E-state index in [0.717, 1.165) is 0 Å². The van der Waals surface area contributed by atoms with Crippen molar-refractivity contribution < 1.29 is 22.7 Å². The van der Waals surface area contributed by atoms with Gasteiger partial charge in [0.05, 0.1) is 22.8 Å². The molecule has 0 radical (unpaired) electrons. The molecule has 0 atom stereocenters. The lowest BCUT2D eigenvalue weighted by Crippen LogP contribution is -2.26. The van der Waals surface area contributed by atoms with Crippen molar-refractivity contribution in [1.82, 2.24) is 4.98 Å². The summed E-state index contributed by atoms with van der Waals surface area (Å²) in [4.78, 5) is 28.0. The van der Waals surface area contributed by atoms with Crippen molar-refractivity contribution in [1.29, 1.82) is 0 Å². The van der Waals surface area contributed by atoms with Crippen LogP contribution in [0.2, 0.25) is 0 Å². The fraction of sp³-hybridized carbons (Fsp3) is 0.217. The number of hydrogen-bond donors (Lipinski definition) is 2. The Hall–Kier alpha value is -3.59. The van der Waals surface area contributed by atoms with E-state index < -0.39 is 21.9 Å². The van der Waals surface area contributed by atoms with E-state index in [1.807, 2.05) is 0 Å². The van der Waals surface area contributed by atoms with Crippen molar-refractivity contribution in [3.8, 4) is 0 Å². The zero-order valence-electron chi connectivity index (χ0n) is 18.3. The summed E-state index contributed by atoms with van der Waals surface area (Å²) < 4.78 is 32.3. The van der Waals surface area contributed by atoms with Crippen LogP contribution in [0.3, 0.4) is 0 Å². The molecule has 2 aromatic carbocycles. The van der Waals surface area contributed by atoms with Crippen LogP contribution in [0.25, 0.3) is 0 Å². The minimum absolute atomic E-state index is 0.0354. The normalized spacial score (nSPS) is 11.1. The predicted octanol–water partition coefficient (Wildman–Crippen LogP) is 3.89. The van der Waals surface area contributed by atoms with Crippen molar-refractivity contribution in [3.05, 3.63) is 77.1 Å². The molecule has 0 aliphatic heterocycles. The number of amides is 1. The number of anilines is 2. The highest BCUT2D eigenvalue weighted by molar-refractivity contribution is 7.92. The number of carbonyl (C=O) groups is 2. The molecule has 0 unspecified atom stereocenters. The van der Waals surface area contributed by atoms with Gasteiger partial charge in [0, 0.05) is 18.4 Å². The molecule has 0 saturated heterocycles. The number of benzene rings is 2. The number of aryl methyl sites for hydroxylation is 1. The monoisotopic (exact) mass is 455 g/mol. The van der Waals surface area contributed by atoms with E-state index in [4.69, 9.17) is 4.74 Å². The highest BCUT2D eigenvalue weighted by Crippen LogP contribution is 2.25. The molecule has 0 bridgehead atoms. The molecule has 1 heterocycles. The molecule has 168 valence electrons. The summed E-state index contributed by atoms with van der Waals surface area (Å²) in [6, 6.07) is 14.7. The maximum atomic E-state index is 13.0. The van der Waals surface area contributed by atoms with E-state index in [9.17, 15) is 18.0 Å². The summed E-state index contributed by atoms with van der Waals surface area (Å²) in [5, 5.41) is 2.70. The second-order valence-corrected chi connectivity index (χ2v) is 9.10. The van der Waals surface area contributed by atoms with Crippen molar-refractivity contribution in [2.24, 2.45) is 0 Å². The third-order valence-corrected chi connectivity index (χ3v) is 6.80. The highest BCUT2D eigenvalue weighted by Gasteiger charge is 2.24. The van der Waals surface area contributed by atoms with Crippen LogP contribution in [0, 0.1) is 13.8 Å². The average molecular weight is 456 g/mol. The van der Waals surface area contributed by atoms with E-state index in [1.54, 1.807) is 63.2 Å². The minimum atomic E-state index is -3.83. The molecule has 9 heteroatoms. The number of ether oxygens (including phenoxy) is 1. The number of sulfonamides is 1. The number of rotatable bonds is 7. The molecule has 32 heavy (non-hydrogen) atoms. The smallest absolute Gasteiger partial charge is 0.340 e. The lowest BCUT2D eigenvalue weighted by atomic mass is 10.1. The molecule has 0 aliphatic carbocycles. The second kappa shape index (κ2) is 9.27. The molecule has 8 nitrogen and oxygen atoms in total. The first kappa shape index (κ1) is 23.1. The quantitative estimate of drug-likeness (QED) is 0.526. The highest BCUT2D eigenvalue weighted by atomic mass is 32.2. The fourth-order valence-corrected chi connectivity index (χ4v) is 4.59. The molecule has 2 N–H and O–H groups in total. The van der Waals surface area contributed by atoms with Crippen molar-refractivity contribution in [2.75, 3.05) is 23.3 Å². The molecule has 3 rings (SSSR count). The summed E-state index contributed by atoms with van der Waals surface area (Å²) in [5.41, 5.74) is 2.34. The van der Waals surface area contributed by atoms with E-state index in [1.165, 1.54) is 23.5 Å². The number of para-hydroxylation sites is 1. The third kappa shape index (κ3) is 4.52. The van der Waals surface area contributed by atoms with Crippen molar-refractivity contribution in [2.45, 2.75) is 25.7 Å². The number of nitrogens with one attached hydrogen (secondary N) is 2. The molecular formula is C23H25N3O5S. The lowest BCUT2D eigenvalue weighted by Gasteiger charge is -2.19. The van der Waals surface area contributed by atoms with Crippen LogP contribution < -0.4 is 9.62 Å². The standard InChI is InChI=1S/C23H25N3O5S/c1-5-31-23(28)20-15(2)21(24-16(20)3)22(27)25-17-10-9-13-19(14-17)32(29,30)26(4)18-11-7-6-8-12-18/h6-14,24H,5H2,1-4H3,(H,25,27). The van der Waals surface area contributed by atoms with Crippen LogP contribution in [-0.2, 0) is 14.8 Å². The van der Waals surface area contributed by atoms with Gasteiger partial charge in [-0.15, -0.1) is 0 Å². The number of nitrogens with zero attached hydrogens (tertiary/aromatic N) is 1. The summed E-state index contributed by atoms with van der Waals surface area (Å²) >= 11 is 0. The number of esters is 1. The Morgan fingerprint density at radius 2 is 1.75 bits per heavy atom. The Kier molecular flexibility index (Phi) is 6.69. The molecule has 1 aromatic heterocycles. The molecule has 3 aromatic rings. The Bertz CT molecular complexity index is 1250. The number of carbonyl (C=O) groups excluding carboxylic acids is 2. The van der Waals surface area contributed by atoms with Gasteiger partial charge in [-0.05, 0) is 56.7 Å². The van der Waals surface area contributed by atoms with Crippen molar-refractivity contribution >= 4 is 33.3 Å². The second-order valence-electron chi connectivity index (χ2n) is 7.14. The van der Waals surface area contributed by atoms with Crippen molar-refractivity contribution in [3.63, 3.8) is 0 Å². The van der Waals surface area contributed by atoms with Gasteiger partial charge in [-0.3, -0.25) is 9.10 Å². The minimum Gasteiger partial charge on any atom is -0.462 e. The fourth-order valence-electron chi connectivity index (χ4n) is 3.35. The first-order chi connectivity index (χ1) is 15.2. The summed E-state index contributed by atoms with van der Waals surface area (Å²) in [5.74, 6) is -0.998. The van der Waals surface area contributed by atoms with Crippen LogP contribution in [-0.4, -0.2) is 38.9 Å². The van der Waals surface area contributed by atoms with Crippen LogP contribution >= 0.6 is 0 Å². The van der Waals surface area contributed by atoms with Gasteiger partial charge < -0.3 is 15.0 Å². The van der Waals surface area contributed by atoms with Crippen LogP contribution in [0.15, 0.2) is 59.5 Å². The van der Waals surface area contributed by atoms with Gasteiger partial charge in [0.1, 0.15) is 5.69 Å². The Morgan fingerprint density at radius 1 is 1.06 bits per heavy atom. The SMILES string of the molecule is CCOC(=O)c1c(C)[nH]c(C(=O)Nc2cccc(S(=O)(=O)N(C)c3ccccc3)c2)c1C. The third-order valence-electron chi connectivity index (χ3n) is 5.01. The molecule has 1 amide bonds. The van der Waals surface area contributed by atoms with E-state index in [-0.39, 0.29) is 17.2 Å². The number of aromatic amines is 1. The van der Waals surface area contributed by atoms with Gasteiger partial charge in [0.15, 0.2) is 0 Å².